The molecule has 2 amide bonds. The van der Waals surface area contributed by atoms with Gasteiger partial charge in [-0.05, 0) is 43.0 Å². The molecule has 2 aromatic rings. The summed E-state index contributed by atoms with van der Waals surface area (Å²) >= 11 is 0. The minimum Gasteiger partial charge on any atom is -0.435 e. The molecule has 0 aromatic heterocycles. The molecule has 0 saturated carbocycles. The second-order valence-electron chi connectivity index (χ2n) is 7.03. The Balaban J connectivity index is 1.45. The standard InChI is InChI=1S/C22H24F2N2O3/c23-22(24)29-19-8-4-7-17(15-19)21(28)26-13-11-18(12-14-26)25-20(27)10-9-16-5-2-1-3-6-16/h1-8,15,18,22H,9-14H2,(H,25,27). The van der Waals surface area contributed by atoms with E-state index in [1.807, 2.05) is 30.3 Å². The van der Waals surface area contributed by atoms with Crippen molar-refractivity contribution in [3.05, 3.63) is 65.7 Å². The number of hydrogen-bond donors (Lipinski definition) is 1. The second kappa shape index (κ2) is 10.0. The van der Waals surface area contributed by atoms with Crippen LogP contribution in [0, 0.1) is 0 Å². The topological polar surface area (TPSA) is 58.6 Å². The third kappa shape index (κ3) is 6.27. The fraction of sp³-hybridized carbons (Fsp3) is 0.364. The summed E-state index contributed by atoms with van der Waals surface area (Å²) in [6.07, 6.45) is 2.45. The Kier molecular flexibility index (Phi) is 7.16. The SMILES string of the molecule is O=C(CCc1ccccc1)NC1CCN(C(=O)c2cccc(OC(F)F)c2)CC1. The first kappa shape index (κ1) is 20.8. The largest absolute Gasteiger partial charge is 0.435 e. The van der Waals surface area contributed by atoms with Crippen molar-refractivity contribution >= 4 is 11.8 Å². The lowest BCUT2D eigenvalue weighted by Crippen LogP contribution is -2.46. The van der Waals surface area contributed by atoms with Crippen LogP contribution in [0.3, 0.4) is 0 Å². The van der Waals surface area contributed by atoms with E-state index in [-0.39, 0.29) is 23.6 Å². The molecule has 1 heterocycles. The number of likely N-dealkylation sites (tertiary alicyclic amines) is 1. The van der Waals surface area contributed by atoms with E-state index in [2.05, 4.69) is 10.1 Å². The maximum absolute atomic E-state index is 12.6. The normalized spacial score (nSPS) is 14.7. The van der Waals surface area contributed by atoms with E-state index in [9.17, 15) is 18.4 Å². The van der Waals surface area contributed by atoms with Crippen LogP contribution in [0.15, 0.2) is 54.6 Å². The number of nitrogens with zero attached hydrogens (tertiary/aromatic N) is 1. The number of benzene rings is 2. The molecular weight excluding hydrogens is 378 g/mol. The van der Waals surface area contributed by atoms with E-state index >= 15 is 0 Å². The number of carbonyl (C=O) groups is 2. The summed E-state index contributed by atoms with van der Waals surface area (Å²) in [5.74, 6) is -0.250. The number of carbonyl (C=O) groups excluding carboxylic acids is 2. The maximum atomic E-state index is 12.6. The Morgan fingerprint density at radius 1 is 1.07 bits per heavy atom. The third-order valence-corrected chi connectivity index (χ3v) is 4.94. The molecule has 1 fully saturated rings. The summed E-state index contributed by atoms with van der Waals surface area (Å²) in [6.45, 7) is -1.92. The van der Waals surface area contributed by atoms with Gasteiger partial charge >= 0.3 is 6.61 Å². The van der Waals surface area contributed by atoms with Gasteiger partial charge in [-0.15, -0.1) is 0 Å². The van der Waals surface area contributed by atoms with Gasteiger partial charge in [0, 0.05) is 31.1 Å². The summed E-state index contributed by atoms with van der Waals surface area (Å²) in [5.41, 5.74) is 1.44. The van der Waals surface area contributed by atoms with Gasteiger partial charge in [0.1, 0.15) is 5.75 Å². The van der Waals surface area contributed by atoms with E-state index in [1.165, 1.54) is 18.2 Å². The van der Waals surface area contributed by atoms with Crippen molar-refractivity contribution in [1.82, 2.24) is 10.2 Å². The fourth-order valence-corrected chi connectivity index (χ4v) is 3.42. The Hall–Kier alpha value is -2.96. The summed E-state index contributed by atoms with van der Waals surface area (Å²) in [6, 6.07) is 15.7. The average Bonchev–Trinajstić information content (AvgIpc) is 2.73. The molecule has 0 aliphatic carbocycles. The van der Waals surface area contributed by atoms with Gasteiger partial charge in [0.15, 0.2) is 0 Å². The summed E-state index contributed by atoms with van der Waals surface area (Å²) in [7, 11) is 0. The first-order valence-electron chi connectivity index (χ1n) is 9.68. The number of alkyl halides is 2. The van der Waals surface area contributed by atoms with Gasteiger partial charge in [0.2, 0.25) is 5.91 Å². The minimum atomic E-state index is -2.93. The van der Waals surface area contributed by atoms with Gasteiger partial charge in [0.05, 0.1) is 0 Å². The van der Waals surface area contributed by atoms with E-state index in [1.54, 1.807) is 11.0 Å². The van der Waals surface area contributed by atoms with E-state index < -0.39 is 6.61 Å². The van der Waals surface area contributed by atoms with Crippen molar-refractivity contribution in [3.63, 3.8) is 0 Å². The van der Waals surface area contributed by atoms with Crippen LogP contribution in [0.2, 0.25) is 0 Å². The second-order valence-corrected chi connectivity index (χ2v) is 7.03. The van der Waals surface area contributed by atoms with Crippen molar-refractivity contribution in [1.29, 1.82) is 0 Å². The Morgan fingerprint density at radius 2 is 1.79 bits per heavy atom. The predicted octanol–water partition coefficient (Wildman–Crippen LogP) is 3.64. The molecule has 3 rings (SSSR count). The highest BCUT2D eigenvalue weighted by molar-refractivity contribution is 5.94. The molecule has 0 radical (unpaired) electrons. The molecule has 0 atom stereocenters. The zero-order valence-electron chi connectivity index (χ0n) is 16.0. The number of amides is 2. The van der Waals surface area contributed by atoms with Crippen LogP contribution < -0.4 is 10.1 Å². The molecular formula is C22H24F2N2O3. The van der Waals surface area contributed by atoms with Crippen LogP contribution in [0.5, 0.6) is 5.75 Å². The predicted molar refractivity (Wildman–Crippen MR) is 105 cm³/mol. The van der Waals surface area contributed by atoms with Crippen LogP contribution in [-0.2, 0) is 11.2 Å². The summed E-state index contributed by atoms with van der Waals surface area (Å²) in [5, 5.41) is 3.04. The molecule has 0 unspecified atom stereocenters. The summed E-state index contributed by atoms with van der Waals surface area (Å²) < 4.78 is 29.1. The fourth-order valence-electron chi connectivity index (χ4n) is 3.42. The zero-order valence-corrected chi connectivity index (χ0v) is 16.0. The molecule has 7 heteroatoms. The van der Waals surface area contributed by atoms with Crippen molar-refractivity contribution < 1.29 is 23.1 Å². The number of ether oxygens (including phenoxy) is 1. The molecule has 1 aliphatic rings. The highest BCUT2D eigenvalue weighted by Gasteiger charge is 2.25. The Bertz CT molecular complexity index is 822. The lowest BCUT2D eigenvalue weighted by molar-refractivity contribution is -0.122. The lowest BCUT2D eigenvalue weighted by Gasteiger charge is -2.32. The Labute approximate surface area is 168 Å². The quantitative estimate of drug-likeness (QED) is 0.769. The number of piperidine rings is 1. The number of halogens is 2. The lowest BCUT2D eigenvalue weighted by atomic mass is 10.0. The molecule has 1 N–H and O–H groups in total. The van der Waals surface area contributed by atoms with Gasteiger partial charge in [0.25, 0.3) is 5.91 Å². The van der Waals surface area contributed by atoms with Crippen molar-refractivity contribution in [2.45, 2.75) is 38.3 Å². The third-order valence-electron chi connectivity index (χ3n) is 4.94. The molecule has 1 aliphatic heterocycles. The first-order valence-corrected chi connectivity index (χ1v) is 9.68. The molecule has 1 saturated heterocycles. The Morgan fingerprint density at radius 3 is 2.48 bits per heavy atom. The highest BCUT2D eigenvalue weighted by Crippen LogP contribution is 2.19. The molecule has 0 bridgehead atoms. The van der Waals surface area contributed by atoms with Gasteiger partial charge in [-0.25, -0.2) is 0 Å². The van der Waals surface area contributed by atoms with Crippen LogP contribution >= 0.6 is 0 Å². The summed E-state index contributed by atoms with van der Waals surface area (Å²) in [4.78, 5) is 26.5. The maximum Gasteiger partial charge on any atom is 0.387 e. The van der Waals surface area contributed by atoms with Gasteiger partial charge in [-0.1, -0.05) is 36.4 Å². The highest BCUT2D eigenvalue weighted by atomic mass is 19.3. The molecule has 0 spiro atoms. The van der Waals surface area contributed by atoms with Crippen molar-refractivity contribution in [3.8, 4) is 5.75 Å². The minimum absolute atomic E-state index is 0.00970. The van der Waals surface area contributed by atoms with Crippen LogP contribution in [0.4, 0.5) is 8.78 Å². The monoisotopic (exact) mass is 402 g/mol. The van der Waals surface area contributed by atoms with Crippen LogP contribution in [0.25, 0.3) is 0 Å². The number of aryl methyl sites for hydroxylation is 1. The van der Waals surface area contributed by atoms with Gasteiger partial charge in [-0.2, -0.15) is 8.78 Å². The van der Waals surface area contributed by atoms with Gasteiger partial charge < -0.3 is 15.0 Å². The van der Waals surface area contributed by atoms with Crippen LogP contribution in [0.1, 0.15) is 35.2 Å². The van der Waals surface area contributed by atoms with Crippen LogP contribution in [-0.4, -0.2) is 42.5 Å². The van der Waals surface area contributed by atoms with Crippen molar-refractivity contribution in [2.75, 3.05) is 13.1 Å². The smallest absolute Gasteiger partial charge is 0.387 e. The average molecular weight is 402 g/mol. The molecule has 2 aromatic carbocycles. The number of nitrogens with one attached hydrogen (secondary N) is 1. The molecule has 154 valence electrons. The van der Waals surface area contributed by atoms with Gasteiger partial charge in [-0.3, -0.25) is 9.59 Å². The van der Waals surface area contributed by atoms with E-state index in [0.717, 1.165) is 5.56 Å². The number of hydrogen-bond acceptors (Lipinski definition) is 3. The first-order chi connectivity index (χ1) is 14.0. The zero-order chi connectivity index (χ0) is 20.6. The van der Waals surface area contributed by atoms with E-state index in [0.29, 0.717) is 44.3 Å². The number of rotatable bonds is 7. The van der Waals surface area contributed by atoms with E-state index in [4.69, 9.17) is 0 Å². The van der Waals surface area contributed by atoms with Crippen molar-refractivity contribution in [2.24, 2.45) is 0 Å². The molecule has 29 heavy (non-hydrogen) atoms. The molecule has 5 nitrogen and oxygen atoms in total.